The first-order valence-electron chi connectivity index (χ1n) is 11.2. The predicted octanol–water partition coefficient (Wildman–Crippen LogP) is 5.51. The Labute approximate surface area is 201 Å². The number of hydrogen-bond donors (Lipinski definition) is 2. The second kappa shape index (κ2) is 9.46. The number of methoxy groups -OCH3 is 2. The lowest BCUT2D eigenvalue weighted by molar-refractivity contribution is 0.0949. The molecule has 0 spiro atoms. The zero-order chi connectivity index (χ0) is 24.4. The van der Waals surface area contributed by atoms with Gasteiger partial charge in [0.15, 0.2) is 0 Å². The van der Waals surface area contributed by atoms with Crippen molar-refractivity contribution in [2.75, 3.05) is 20.8 Å². The minimum Gasteiger partial charge on any atom is -0.497 e. The van der Waals surface area contributed by atoms with Crippen molar-refractivity contribution in [2.45, 2.75) is 6.42 Å². The molecule has 2 N–H and O–H groups in total. The molecule has 0 aliphatic carbocycles. The Morgan fingerprint density at radius 1 is 0.971 bits per heavy atom. The van der Waals surface area contributed by atoms with Gasteiger partial charge in [0.1, 0.15) is 23.0 Å². The van der Waals surface area contributed by atoms with Gasteiger partial charge in [0.2, 0.25) is 0 Å². The minimum absolute atomic E-state index is 0.282. The average molecular weight is 470 g/mol. The van der Waals surface area contributed by atoms with E-state index in [1.165, 1.54) is 12.1 Å². The fourth-order valence-corrected chi connectivity index (χ4v) is 4.21. The van der Waals surface area contributed by atoms with Gasteiger partial charge in [0.25, 0.3) is 5.91 Å². The number of nitrogens with zero attached hydrogens (tertiary/aromatic N) is 1. The monoisotopic (exact) mass is 469 g/mol. The summed E-state index contributed by atoms with van der Waals surface area (Å²) >= 11 is 0. The first kappa shape index (κ1) is 22.4. The maximum absolute atomic E-state index is 13.1. The number of hydrogen-bond acceptors (Lipinski definition) is 4. The van der Waals surface area contributed by atoms with Crippen molar-refractivity contribution < 1.29 is 18.7 Å². The Bertz CT molecular complexity index is 1530. The molecule has 2 aromatic heterocycles. The largest absolute Gasteiger partial charge is 0.497 e. The Kier molecular flexibility index (Phi) is 6.06. The summed E-state index contributed by atoms with van der Waals surface area (Å²) in [5.74, 6) is 0.683. The molecule has 176 valence electrons. The van der Waals surface area contributed by atoms with Crippen molar-refractivity contribution in [3.05, 3.63) is 89.9 Å². The first-order chi connectivity index (χ1) is 17.1. The standard InChI is InChI=1S/C28H24FN3O3/c1-34-19-11-12-21(25(15-19)35-2)26-27-22(20-5-3-4-6-23(20)31-27)16-24(32-26)28(33)30-14-13-17-7-9-18(29)10-8-17/h3-12,15-16,31H,13-14H2,1-2H3,(H,30,33). The van der Waals surface area contributed by atoms with E-state index in [-0.39, 0.29) is 11.7 Å². The van der Waals surface area contributed by atoms with Crippen molar-refractivity contribution in [1.82, 2.24) is 15.3 Å². The number of nitrogens with one attached hydrogen (secondary N) is 2. The van der Waals surface area contributed by atoms with Gasteiger partial charge >= 0.3 is 0 Å². The Morgan fingerprint density at radius 2 is 1.77 bits per heavy atom. The molecule has 0 aliphatic rings. The molecular formula is C28H24FN3O3. The molecule has 0 saturated heterocycles. The van der Waals surface area contributed by atoms with Crippen LogP contribution in [0.5, 0.6) is 11.5 Å². The third-order valence-electron chi connectivity index (χ3n) is 6.01. The maximum Gasteiger partial charge on any atom is 0.269 e. The normalized spacial score (nSPS) is 11.1. The van der Waals surface area contributed by atoms with Crippen LogP contribution < -0.4 is 14.8 Å². The third kappa shape index (κ3) is 4.40. The van der Waals surface area contributed by atoms with Gasteiger partial charge in [-0.25, -0.2) is 9.37 Å². The summed E-state index contributed by atoms with van der Waals surface area (Å²) in [4.78, 5) is 21.3. The highest BCUT2D eigenvalue weighted by Crippen LogP contribution is 2.38. The molecule has 3 aromatic carbocycles. The van der Waals surface area contributed by atoms with Gasteiger partial charge in [-0.3, -0.25) is 4.79 Å². The van der Waals surface area contributed by atoms with Gasteiger partial charge in [-0.2, -0.15) is 0 Å². The van der Waals surface area contributed by atoms with Crippen molar-refractivity contribution in [3.63, 3.8) is 0 Å². The van der Waals surface area contributed by atoms with E-state index in [2.05, 4.69) is 10.3 Å². The van der Waals surface area contributed by atoms with Crippen LogP contribution in [0.4, 0.5) is 4.39 Å². The molecule has 6 nitrogen and oxygen atoms in total. The fourth-order valence-electron chi connectivity index (χ4n) is 4.21. The number of H-pyrrole nitrogens is 1. The second-order valence-corrected chi connectivity index (χ2v) is 8.15. The molecule has 0 aliphatic heterocycles. The van der Waals surface area contributed by atoms with Crippen LogP contribution in [-0.4, -0.2) is 36.6 Å². The highest BCUT2D eigenvalue weighted by Gasteiger charge is 2.19. The van der Waals surface area contributed by atoms with E-state index in [1.807, 2.05) is 36.4 Å². The van der Waals surface area contributed by atoms with E-state index in [9.17, 15) is 9.18 Å². The SMILES string of the molecule is COc1ccc(-c2nc(C(=O)NCCc3ccc(F)cc3)cc3c2[nH]c2ccccc23)c(OC)c1. The highest BCUT2D eigenvalue weighted by molar-refractivity contribution is 6.13. The number of aromatic nitrogens is 2. The molecule has 2 heterocycles. The maximum atomic E-state index is 13.1. The Hall–Kier alpha value is -4.39. The zero-order valence-electron chi connectivity index (χ0n) is 19.4. The molecule has 35 heavy (non-hydrogen) atoms. The van der Waals surface area contributed by atoms with Gasteiger partial charge in [-0.15, -0.1) is 0 Å². The summed E-state index contributed by atoms with van der Waals surface area (Å²) < 4.78 is 24.1. The van der Waals surface area contributed by atoms with E-state index in [1.54, 1.807) is 38.5 Å². The molecule has 0 atom stereocenters. The molecule has 5 aromatic rings. The van der Waals surface area contributed by atoms with Crippen LogP contribution in [0.3, 0.4) is 0 Å². The topological polar surface area (TPSA) is 76.2 Å². The van der Waals surface area contributed by atoms with Crippen LogP contribution in [0, 0.1) is 5.82 Å². The molecule has 7 heteroatoms. The van der Waals surface area contributed by atoms with Crippen LogP contribution in [0.15, 0.2) is 72.8 Å². The van der Waals surface area contributed by atoms with Gasteiger partial charge < -0.3 is 19.8 Å². The number of aromatic amines is 1. The number of fused-ring (bicyclic) bond motifs is 3. The lowest BCUT2D eigenvalue weighted by Crippen LogP contribution is -2.26. The van der Waals surface area contributed by atoms with Crippen molar-refractivity contribution in [1.29, 1.82) is 0 Å². The molecular weight excluding hydrogens is 445 g/mol. The number of pyridine rings is 1. The molecule has 0 bridgehead atoms. The van der Waals surface area contributed by atoms with E-state index in [4.69, 9.17) is 14.5 Å². The smallest absolute Gasteiger partial charge is 0.269 e. The summed E-state index contributed by atoms with van der Waals surface area (Å²) in [5.41, 5.74) is 4.36. The number of carbonyl (C=O) groups excluding carboxylic acids is 1. The number of halogens is 1. The summed E-state index contributed by atoms with van der Waals surface area (Å²) in [6.07, 6.45) is 0.584. The van der Waals surface area contributed by atoms with E-state index in [0.717, 1.165) is 32.9 Å². The van der Waals surface area contributed by atoms with Gasteiger partial charge in [0, 0.05) is 34.5 Å². The highest BCUT2D eigenvalue weighted by atomic mass is 19.1. The quantitative estimate of drug-likeness (QED) is 0.330. The van der Waals surface area contributed by atoms with E-state index >= 15 is 0 Å². The molecule has 0 unspecified atom stereocenters. The summed E-state index contributed by atoms with van der Waals surface area (Å²) in [5, 5.41) is 4.83. The first-order valence-corrected chi connectivity index (χ1v) is 11.2. The minimum atomic E-state index is -0.284. The number of para-hydroxylation sites is 1. The number of rotatable bonds is 7. The van der Waals surface area contributed by atoms with Crippen LogP contribution >= 0.6 is 0 Å². The molecule has 0 radical (unpaired) electrons. The van der Waals surface area contributed by atoms with E-state index < -0.39 is 0 Å². The summed E-state index contributed by atoms with van der Waals surface area (Å²) in [6, 6.07) is 21.5. The predicted molar refractivity (Wildman–Crippen MR) is 135 cm³/mol. The average Bonchev–Trinajstić information content (AvgIpc) is 3.27. The van der Waals surface area contributed by atoms with Crippen LogP contribution in [0.2, 0.25) is 0 Å². The zero-order valence-corrected chi connectivity index (χ0v) is 19.4. The van der Waals surface area contributed by atoms with Crippen molar-refractivity contribution in [3.8, 4) is 22.8 Å². The molecule has 0 fully saturated rings. The second-order valence-electron chi connectivity index (χ2n) is 8.15. The lowest BCUT2D eigenvalue weighted by atomic mass is 10.0. The van der Waals surface area contributed by atoms with Gasteiger partial charge in [0.05, 0.1) is 25.4 Å². The number of carbonyl (C=O) groups is 1. The lowest BCUT2D eigenvalue weighted by Gasteiger charge is -2.12. The molecule has 1 amide bonds. The number of benzene rings is 3. The van der Waals surface area contributed by atoms with Crippen molar-refractivity contribution in [2.24, 2.45) is 0 Å². The third-order valence-corrected chi connectivity index (χ3v) is 6.01. The molecule has 5 rings (SSSR count). The van der Waals surface area contributed by atoms with Gasteiger partial charge in [-0.1, -0.05) is 30.3 Å². The molecule has 0 saturated carbocycles. The Morgan fingerprint density at radius 3 is 2.54 bits per heavy atom. The number of ether oxygens (including phenoxy) is 2. The Balaban J connectivity index is 1.55. The van der Waals surface area contributed by atoms with Crippen LogP contribution in [0.1, 0.15) is 16.1 Å². The summed E-state index contributed by atoms with van der Waals surface area (Å²) in [7, 11) is 3.19. The number of amides is 1. The summed E-state index contributed by atoms with van der Waals surface area (Å²) in [6.45, 7) is 0.402. The van der Waals surface area contributed by atoms with E-state index in [0.29, 0.717) is 35.9 Å². The van der Waals surface area contributed by atoms with Crippen molar-refractivity contribution >= 4 is 27.7 Å². The van der Waals surface area contributed by atoms with Crippen LogP contribution in [-0.2, 0) is 6.42 Å². The van der Waals surface area contributed by atoms with Gasteiger partial charge in [-0.05, 0) is 48.4 Å². The fraction of sp³-hybridized carbons (Fsp3) is 0.143. The van der Waals surface area contributed by atoms with Crippen LogP contribution in [0.25, 0.3) is 33.1 Å².